The molecule has 6 heteroatoms. The fourth-order valence-electron chi connectivity index (χ4n) is 2.41. The molecule has 2 rings (SSSR count). The first-order valence-corrected chi connectivity index (χ1v) is 7.09. The van der Waals surface area contributed by atoms with Crippen molar-refractivity contribution >= 4 is 0 Å². The molecule has 0 bridgehead atoms. The first-order chi connectivity index (χ1) is 10.2. The normalized spacial score (nSPS) is 18.8. The maximum atomic E-state index is 12.4. The Morgan fingerprint density at radius 2 is 2.24 bits per heavy atom. The third-order valence-corrected chi connectivity index (χ3v) is 3.46. The molecule has 0 aromatic heterocycles. The first kappa shape index (κ1) is 16.0. The zero-order chi connectivity index (χ0) is 15.1. The number of ether oxygens (including phenoxy) is 3. The quantitative estimate of drug-likeness (QED) is 0.840. The third kappa shape index (κ3) is 5.13. The van der Waals surface area contributed by atoms with Crippen LogP contribution in [0.2, 0.25) is 0 Å². The van der Waals surface area contributed by atoms with Gasteiger partial charge in [-0.3, -0.25) is 0 Å². The molecule has 1 saturated heterocycles. The highest BCUT2D eigenvalue weighted by Gasteiger charge is 2.14. The SMILES string of the molecule is COc1ccc(CNCC2CCCOC2)cc1OC(F)F. The number of halogens is 2. The highest BCUT2D eigenvalue weighted by molar-refractivity contribution is 5.42. The number of hydrogen-bond acceptors (Lipinski definition) is 4. The Morgan fingerprint density at radius 1 is 1.38 bits per heavy atom. The lowest BCUT2D eigenvalue weighted by molar-refractivity contribution is -0.0512. The van der Waals surface area contributed by atoms with E-state index in [0.717, 1.165) is 38.2 Å². The Bertz CT molecular complexity index is 437. The Labute approximate surface area is 123 Å². The Morgan fingerprint density at radius 3 is 2.90 bits per heavy atom. The lowest BCUT2D eigenvalue weighted by Crippen LogP contribution is -2.28. The Kier molecular flexibility index (Phi) is 6.20. The monoisotopic (exact) mass is 301 g/mol. The average molecular weight is 301 g/mol. The maximum Gasteiger partial charge on any atom is 0.387 e. The molecule has 1 heterocycles. The van der Waals surface area contributed by atoms with Crippen LogP contribution in [0.15, 0.2) is 18.2 Å². The third-order valence-electron chi connectivity index (χ3n) is 3.46. The number of alkyl halides is 2. The van der Waals surface area contributed by atoms with Crippen LogP contribution in [-0.2, 0) is 11.3 Å². The summed E-state index contributed by atoms with van der Waals surface area (Å²) in [7, 11) is 1.43. The van der Waals surface area contributed by atoms with Crippen LogP contribution in [0.3, 0.4) is 0 Å². The number of benzene rings is 1. The molecule has 0 aliphatic carbocycles. The molecular weight excluding hydrogens is 280 g/mol. The minimum absolute atomic E-state index is 0.0628. The molecule has 1 aliphatic heterocycles. The average Bonchev–Trinajstić information content (AvgIpc) is 2.48. The second kappa shape index (κ2) is 8.14. The van der Waals surface area contributed by atoms with E-state index in [1.807, 2.05) is 6.07 Å². The van der Waals surface area contributed by atoms with Gasteiger partial charge in [0.2, 0.25) is 0 Å². The fraction of sp³-hybridized carbons (Fsp3) is 0.600. The van der Waals surface area contributed by atoms with Crippen molar-refractivity contribution in [1.29, 1.82) is 0 Å². The van der Waals surface area contributed by atoms with Gasteiger partial charge in [-0.1, -0.05) is 6.07 Å². The molecule has 0 amide bonds. The van der Waals surface area contributed by atoms with E-state index in [2.05, 4.69) is 10.1 Å². The lowest BCUT2D eigenvalue weighted by Gasteiger charge is -2.22. The van der Waals surface area contributed by atoms with Crippen molar-refractivity contribution in [3.8, 4) is 11.5 Å². The van der Waals surface area contributed by atoms with Crippen molar-refractivity contribution in [3.05, 3.63) is 23.8 Å². The molecule has 0 radical (unpaired) electrons. The summed E-state index contributed by atoms with van der Waals surface area (Å²) in [6, 6.07) is 5.05. The van der Waals surface area contributed by atoms with Crippen LogP contribution >= 0.6 is 0 Å². The summed E-state index contributed by atoms with van der Waals surface area (Å²) >= 11 is 0. The number of hydrogen-bond donors (Lipinski definition) is 1. The fourth-order valence-corrected chi connectivity index (χ4v) is 2.41. The summed E-state index contributed by atoms with van der Waals surface area (Å²) in [5.74, 6) is 0.890. The molecule has 1 atom stereocenters. The van der Waals surface area contributed by atoms with Crippen LogP contribution in [0.4, 0.5) is 8.78 Å². The van der Waals surface area contributed by atoms with Crippen molar-refractivity contribution in [3.63, 3.8) is 0 Å². The van der Waals surface area contributed by atoms with Crippen molar-refractivity contribution < 1.29 is 23.0 Å². The smallest absolute Gasteiger partial charge is 0.387 e. The van der Waals surface area contributed by atoms with Crippen molar-refractivity contribution in [2.45, 2.75) is 26.0 Å². The zero-order valence-electron chi connectivity index (χ0n) is 12.1. The van der Waals surface area contributed by atoms with E-state index in [1.54, 1.807) is 12.1 Å². The maximum absolute atomic E-state index is 12.4. The van der Waals surface area contributed by atoms with Crippen molar-refractivity contribution in [1.82, 2.24) is 5.32 Å². The summed E-state index contributed by atoms with van der Waals surface area (Å²) in [4.78, 5) is 0. The van der Waals surface area contributed by atoms with Gasteiger partial charge in [0.1, 0.15) is 0 Å². The highest BCUT2D eigenvalue weighted by atomic mass is 19.3. The van der Waals surface area contributed by atoms with Gasteiger partial charge in [0.05, 0.1) is 13.7 Å². The molecule has 1 aromatic rings. The molecule has 0 spiro atoms. The van der Waals surface area contributed by atoms with E-state index in [0.29, 0.717) is 18.2 Å². The summed E-state index contributed by atoms with van der Waals surface area (Å²) in [6.45, 7) is 0.233. The van der Waals surface area contributed by atoms with E-state index in [1.165, 1.54) is 7.11 Å². The molecule has 118 valence electrons. The van der Waals surface area contributed by atoms with Crippen LogP contribution in [0, 0.1) is 5.92 Å². The summed E-state index contributed by atoms with van der Waals surface area (Å²) in [5, 5.41) is 3.33. The van der Waals surface area contributed by atoms with Gasteiger partial charge in [-0.15, -0.1) is 0 Å². The second-order valence-electron chi connectivity index (χ2n) is 5.08. The van der Waals surface area contributed by atoms with Crippen LogP contribution in [0.5, 0.6) is 11.5 Å². The summed E-state index contributed by atoms with van der Waals surface area (Å²) in [5.41, 5.74) is 0.878. The van der Waals surface area contributed by atoms with Crippen LogP contribution in [0.1, 0.15) is 18.4 Å². The highest BCUT2D eigenvalue weighted by Crippen LogP contribution is 2.29. The van der Waals surface area contributed by atoms with Gasteiger partial charge in [0.25, 0.3) is 0 Å². The summed E-state index contributed by atoms with van der Waals surface area (Å²) in [6.07, 6.45) is 2.26. The van der Waals surface area contributed by atoms with Gasteiger partial charge in [0, 0.05) is 19.7 Å². The predicted octanol–water partition coefficient (Wildman–Crippen LogP) is 2.81. The molecule has 1 N–H and O–H groups in total. The van der Waals surface area contributed by atoms with Gasteiger partial charge in [-0.2, -0.15) is 8.78 Å². The minimum Gasteiger partial charge on any atom is -0.493 e. The summed E-state index contributed by atoms with van der Waals surface area (Å²) < 4.78 is 39.6. The van der Waals surface area contributed by atoms with Gasteiger partial charge < -0.3 is 19.5 Å². The standard InChI is InChI=1S/C15H21F2NO3/c1-19-13-5-4-11(7-14(13)21-15(16)17)8-18-9-12-3-2-6-20-10-12/h4-5,7,12,15,18H,2-3,6,8-10H2,1H3. The van der Waals surface area contributed by atoms with Gasteiger partial charge >= 0.3 is 6.61 Å². The molecule has 1 aliphatic rings. The predicted molar refractivity (Wildman–Crippen MR) is 74.9 cm³/mol. The number of nitrogens with one attached hydrogen (secondary N) is 1. The Hall–Kier alpha value is -1.40. The van der Waals surface area contributed by atoms with E-state index >= 15 is 0 Å². The second-order valence-corrected chi connectivity index (χ2v) is 5.08. The van der Waals surface area contributed by atoms with Gasteiger partial charge in [-0.25, -0.2) is 0 Å². The molecule has 1 fully saturated rings. The van der Waals surface area contributed by atoms with Crippen molar-refractivity contribution in [2.75, 3.05) is 26.9 Å². The van der Waals surface area contributed by atoms with E-state index in [9.17, 15) is 8.78 Å². The molecule has 1 aromatic carbocycles. The Balaban J connectivity index is 1.87. The molecule has 0 saturated carbocycles. The van der Waals surface area contributed by atoms with E-state index in [-0.39, 0.29) is 5.75 Å². The van der Waals surface area contributed by atoms with E-state index < -0.39 is 6.61 Å². The largest absolute Gasteiger partial charge is 0.493 e. The first-order valence-electron chi connectivity index (χ1n) is 7.09. The topological polar surface area (TPSA) is 39.7 Å². The van der Waals surface area contributed by atoms with E-state index in [4.69, 9.17) is 9.47 Å². The lowest BCUT2D eigenvalue weighted by atomic mass is 10.0. The number of methoxy groups -OCH3 is 1. The van der Waals surface area contributed by atoms with Crippen molar-refractivity contribution in [2.24, 2.45) is 5.92 Å². The molecule has 4 nitrogen and oxygen atoms in total. The van der Waals surface area contributed by atoms with Crippen LogP contribution in [-0.4, -0.2) is 33.5 Å². The van der Waals surface area contributed by atoms with Gasteiger partial charge in [-0.05, 0) is 36.5 Å². The zero-order valence-corrected chi connectivity index (χ0v) is 12.1. The van der Waals surface area contributed by atoms with Crippen LogP contribution in [0.25, 0.3) is 0 Å². The van der Waals surface area contributed by atoms with Gasteiger partial charge in [0.15, 0.2) is 11.5 Å². The number of rotatable bonds is 7. The van der Waals surface area contributed by atoms with Crippen LogP contribution < -0.4 is 14.8 Å². The molecule has 21 heavy (non-hydrogen) atoms. The minimum atomic E-state index is -2.86. The molecule has 1 unspecified atom stereocenters. The molecular formula is C15H21F2NO3.